The molecular formula is C19H25ClN4O4S. The third-order valence-electron chi connectivity index (χ3n) is 4.74. The minimum Gasteiger partial charge on any atom is -0.348 e. The molecule has 29 heavy (non-hydrogen) atoms. The second-order valence-electron chi connectivity index (χ2n) is 8.14. The van der Waals surface area contributed by atoms with E-state index >= 15 is 0 Å². The standard InChI is InChI=1S/C19H25ClN4O4S/c1-19(2,3)18-22-16(23-28-18)11-21-17(25)13-5-4-10-24(12-13)29(26,27)15-8-6-14(20)7-9-15/h6-9,13H,4-5,10-12H2,1-3H3,(H,21,25). The fraction of sp³-hybridized carbons (Fsp3) is 0.526. The number of carbonyl (C=O) groups excluding carboxylic acids is 1. The quantitative estimate of drug-likeness (QED) is 0.766. The van der Waals surface area contributed by atoms with E-state index in [0.717, 1.165) is 0 Å². The zero-order valence-corrected chi connectivity index (χ0v) is 18.3. The fourth-order valence-electron chi connectivity index (χ4n) is 3.07. The first kappa shape index (κ1) is 21.7. The molecule has 0 saturated carbocycles. The molecule has 2 heterocycles. The van der Waals surface area contributed by atoms with Crippen molar-refractivity contribution in [3.05, 3.63) is 41.0 Å². The molecule has 1 unspecified atom stereocenters. The lowest BCUT2D eigenvalue weighted by atomic mass is 9.97. The van der Waals surface area contributed by atoms with Crippen LogP contribution in [0.15, 0.2) is 33.7 Å². The van der Waals surface area contributed by atoms with Gasteiger partial charge in [0.2, 0.25) is 21.8 Å². The highest BCUT2D eigenvalue weighted by atomic mass is 35.5. The third-order valence-corrected chi connectivity index (χ3v) is 6.87. The van der Waals surface area contributed by atoms with E-state index in [0.29, 0.717) is 36.1 Å². The number of hydrogen-bond donors (Lipinski definition) is 1. The van der Waals surface area contributed by atoms with Crippen LogP contribution in [-0.2, 0) is 26.8 Å². The topological polar surface area (TPSA) is 105 Å². The van der Waals surface area contributed by atoms with Gasteiger partial charge in [-0.1, -0.05) is 37.5 Å². The van der Waals surface area contributed by atoms with Gasteiger partial charge in [0.15, 0.2) is 5.82 Å². The monoisotopic (exact) mass is 440 g/mol. The van der Waals surface area contributed by atoms with Crippen LogP contribution in [0.25, 0.3) is 0 Å². The summed E-state index contributed by atoms with van der Waals surface area (Å²) in [6.07, 6.45) is 1.24. The molecule has 0 spiro atoms. The van der Waals surface area contributed by atoms with Gasteiger partial charge in [-0.05, 0) is 37.1 Å². The Morgan fingerprint density at radius 1 is 1.31 bits per heavy atom. The van der Waals surface area contributed by atoms with Gasteiger partial charge in [-0.3, -0.25) is 4.79 Å². The van der Waals surface area contributed by atoms with Gasteiger partial charge < -0.3 is 9.84 Å². The molecule has 1 aromatic heterocycles. The van der Waals surface area contributed by atoms with Crippen molar-refractivity contribution in [2.24, 2.45) is 5.92 Å². The molecule has 1 aliphatic heterocycles. The molecule has 0 bridgehead atoms. The van der Waals surface area contributed by atoms with E-state index in [1.54, 1.807) is 12.1 Å². The molecule has 1 N–H and O–H groups in total. The van der Waals surface area contributed by atoms with Crippen molar-refractivity contribution in [3.8, 4) is 0 Å². The van der Waals surface area contributed by atoms with Gasteiger partial charge in [-0.15, -0.1) is 0 Å². The first-order valence-corrected chi connectivity index (χ1v) is 11.3. The maximum absolute atomic E-state index is 12.9. The molecule has 1 amide bonds. The van der Waals surface area contributed by atoms with Crippen LogP contribution in [0.3, 0.4) is 0 Å². The highest BCUT2D eigenvalue weighted by Gasteiger charge is 2.33. The lowest BCUT2D eigenvalue weighted by molar-refractivity contribution is -0.126. The largest absolute Gasteiger partial charge is 0.348 e. The number of benzene rings is 1. The second kappa shape index (κ2) is 8.41. The predicted octanol–water partition coefficient (Wildman–Crippen LogP) is 2.74. The highest BCUT2D eigenvalue weighted by molar-refractivity contribution is 7.89. The Balaban J connectivity index is 1.62. The van der Waals surface area contributed by atoms with Crippen molar-refractivity contribution in [2.45, 2.75) is 50.5 Å². The molecule has 10 heteroatoms. The summed E-state index contributed by atoms with van der Waals surface area (Å²) >= 11 is 5.85. The Kier molecular flexibility index (Phi) is 6.30. The Labute approximate surface area is 175 Å². The van der Waals surface area contributed by atoms with E-state index in [1.807, 2.05) is 20.8 Å². The van der Waals surface area contributed by atoms with Crippen molar-refractivity contribution in [2.75, 3.05) is 13.1 Å². The Morgan fingerprint density at radius 2 is 2.00 bits per heavy atom. The Hall–Kier alpha value is -1.97. The van der Waals surface area contributed by atoms with Crippen LogP contribution < -0.4 is 5.32 Å². The van der Waals surface area contributed by atoms with E-state index in [4.69, 9.17) is 16.1 Å². The maximum atomic E-state index is 12.9. The van der Waals surface area contributed by atoms with Crippen LogP contribution >= 0.6 is 11.6 Å². The van der Waals surface area contributed by atoms with Gasteiger partial charge >= 0.3 is 0 Å². The summed E-state index contributed by atoms with van der Waals surface area (Å²) in [5.41, 5.74) is -0.269. The molecule has 1 fully saturated rings. The molecule has 3 rings (SSSR count). The molecule has 1 saturated heterocycles. The molecule has 0 aliphatic carbocycles. The van der Waals surface area contributed by atoms with Gasteiger partial charge in [-0.25, -0.2) is 8.42 Å². The van der Waals surface area contributed by atoms with Crippen molar-refractivity contribution in [1.82, 2.24) is 19.8 Å². The zero-order valence-electron chi connectivity index (χ0n) is 16.7. The number of carbonyl (C=O) groups is 1. The Morgan fingerprint density at radius 3 is 2.62 bits per heavy atom. The van der Waals surface area contributed by atoms with Gasteiger partial charge in [0.05, 0.1) is 17.4 Å². The van der Waals surface area contributed by atoms with Crippen LogP contribution in [-0.4, -0.2) is 41.9 Å². The number of sulfonamides is 1. The molecule has 1 aromatic carbocycles. The molecule has 1 atom stereocenters. The predicted molar refractivity (Wildman–Crippen MR) is 108 cm³/mol. The average molecular weight is 441 g/mol. The molecule has 0 radical (unpaired) electrons. The Bertz CT molecular complexity index is 967. The maximum Gasteiger partial charge on any atom is 0.243 e. The summed E-state index contributed by atoms with van der Waals surface area (Å²) in [5, 5.41) is 7.14. The number of piperidine rings is 1. The number of amides is 1. The van der Waals surface area contributed by atoms with Crippen LogP contribution in [0.5, 0.6) is 0 Å². The van der Waals surface area contributed by atoms with E-state index in [1.165, 1.54) is 16.4 Å². The molecule has 2 aromatic rings. The summed E-state index contributed by atoms with van der Waals surface area (Å²) in [4.78, 5) is 17.1. The third kappa shape index (κ3) is 5.15. The van der Waals surface area contributed by atoms with Gasteiger partial charge in [-0.2, -0.15) is 9.29 Å². The van der Waals surface area contributed by atoms with Crippen molar-refractivity contribution < 1.29 is 17.7 Å². The van der Waals surface area contributed by atoms with E-state index in [2.05, 4.69) is 15.5 Å². The molecule has 158 valence electrons. The number of rotatable bonds is 5. The van der Waals surface area contributed by atoms with Crippen LogP contribution in [0.4, 0.5) is 0 Å². The lowest BCUT2D eigenvalue weighted by Gasteiger charge is -2.31. The smallest absolute Gasteiger partial charge is 0.243 e. The minimum absolute atomic E-state index is 0.135. The number of halogens is 1. The molecular weight excluding hydrogens is 416 g/mol. The zero-order chi connectivity index (χ0) is 21.2. The first-order valence-electron chi connectivity index (χ1n) is 9.44. The second-order valence-corrected chi connectivity index (χ2v) is 10.5. The number of hydrogen-bond acceptors (Lipinski definition) is 6. The van der Waals surface area contributed by atoms with Gasteiger partial charge in [0, 0.05) is 23.5 Å². The number of nitrogens with one attached hydrogen (secondary N) is 1. The first-order chi connectivity index (χ1) is 13.6. The van der Waals surface area contributed by atoms with Gasteiger partial charge in [0.1, 0.15) is 0 Å². The summed E-state index contributed by atoms with van der Waals surface area (Å²) in [7, 11) is -3.67. The summed E-state index contributed by atoms with van der Waals surface area (Å²) in [6, 6.07) is 6.04. The lowest BCUT2D eigenvalue weighted by Crippen LogP contribution is -2.45. The van der Waals surface area contributed by atoms with E-state index < -0.39 is 15.9 Å². The average Bonchev–Trinajstić information content (AvgIpc) is 3.16. The summed E-state index contributed by atoms with van der Waals surface area (Å²) in [6.45, 7) is 6.53. The number of nitrogens with zero attached hydrogens (tertiary/aromatic N) is 3. The summed E-state index contributed by atoms with van der Waals surface area (Å²) < 4.78 is 32.3. The molecule has 1 aliphatic rings. The number of aromatic nitrogens is 2. The fourth-order valence-corrected chi connectivity index (χ4v) is 4.72. The van der Waals surface area contributed by atoms with E-state index in [-0.39, 0.29) is 29.3 Å². The normalized spacial score (nSPS) is 18.6. The molecule has 8 nitrogen and oxygen atoms in total. The van der Waals surface area contributed by atoms with Crippen LogP contribution in [0.1, 0.15) is 45.3 Å². The SMILES string of the molecule is CC(C)(C)c1nc(CNC(=O)C2CCCN(S(=O)(=O)c3ccc(Cl)cc3)C2)no1. The summed E-state index contributed by atoms with van der Waals surface area (Å²) in [5.74, 6) is 0.243. The van der Waals surface area contributed by atoms with Crippen LogP contribution in [0, 0.1) is 5.92 Å². The van der Waals surface area contributed by atoms with E-state index in [9.17, 15) is 13.2 Å². The van der Waals surface area contributed by atoms with Crippen molar-refractivity contribution in [1.29, 1.82) is 0 Å². The highest BCUT2D eigenvalue weighted by Crippen LogP contribution is 2.25. The minimum atomic E-state index is -3.67. The van der Waals surface area contributed by atoms with Crippen molar-refractivity contribution >= 4 is 27.5 Å². The van der Waals surface area contributed by atoms with Crippen LogP contribution in [0.2, 0.25) is 5.02 Å². The van der Waals surface area contributed by atoms with Gasteiger partial charge in [0.25, 0.3) is 0 Å². The van der Waals surface area contributed by atoms with Crippen molar-refractivity contribution in [3.63, 3.8) is 0 Å².